The Morgan fingerprint density at radius 3 is 2.45 bits per heavy atom. The van der Waals surface area contributed by atoms with Crippen molar-refractivity contribution in [3.63, 3.8) is 0 Å². The van der Waals surface area contributed by atoms with E-state index in [9.17, 15) is 5.11 Å². The highest BCUT2D eigenvalue weighted by molar-refractivity contribution is 9.10. The lowest BCUT2D eigenvalue weighted by Gasteiger charge is -2.15. The Balaban J connectivity index is 2.32. The molecule has 2 aromatic carbocycles. The van der Waals surface area contributed by atoms with Crippen LogP contribution in [0.3, 0.4) is 0 Å². The molecule has 0 radical (unpaired) electrons. The maximum atomic E-state index is 10.5. The van der Waals surface area contributed by atoms with Crippen molar-refractivity contribution in [3.05, 3.63) is 62.0 Å². The van der Waals surface area contributed by atoms with E-state index in [1.54, 1.807) is 0 Å². The number of ether oxygens (including phenoxy) is 1. The first-order valence-corrected chi connectivity index (χ1v) is 7.98. The lowest BCUT2D eigenvalue weighted by molar-refractivity contribution is 0.219. The monoisotopic (exact) mass is 398 g/mol. The smallest absolute Gasteiger partial charge is 0.120 e. The number of aryl methyl sites for hydroxylation is 1. The molecule has 2 aromatic rings. The van der Waals surface area contributed by atoms with Crippen LogP contribution in [-0.4, -0.2) is 11.7 Å². The fourth-order valence-corrected chi connectivity index (χ4v) is 2.92. The molecule has 4 heteroatoms. The van der Waals surface area contributed by atoms with Crippen LogP contribution in [0.15, 0.2) is 45.3 Å². The Morgan fingerprint density at radius 1 is 1.10 bits per heavy atom. The number of benzene rings is 2. The molecule has 0 aliphatic heterocycles. The maximum Gasteiger partial charge on any atom is 0.120 e. The summed E-state index contributed by atoms with van der Waals surface area (Å²) in [5, 5.41) is 10.5. The van der Waals surface area contributed by atoms with Crippen molar-refractivity contribution in [3.8, 4) is 5.75 Å². The van der Waals surface area contributed by atoms with E-state index in [1.807, 2.05) is 50.2 Å². The molecule has 0 saturated carbocycles. The second-order valence-electron chi connectivity index (χ2n) is 4.53. The molecule has 0 amide bonds. The largest absolute Gasteiger partial charge is 0.494 e. The van der Waals surface area contributed by atoms with Crippen LogP contribution >= 0.6 is 31.9 Å². The van der Waals surface area contributed by atoms with Crippen LogP contribution in [0.4, 0.5) is 0 Å². The second kappa shape index (κ2) is 6.74. The van der Waals surface area contributed by atoms with Gasteiger partial charge in [0.25, 0.3) is 0 Å². The minimum absolute atomic E-state index is 0.624. The summed E-state index contributed by atoms with van der Waals surface area (Å²) in [4.78, 5) is 0. The molecule has 0 aliphatic carbocycles. The first-order valence-electron chi connectivity index (χ1n) is 6.39. The molecular weight excluding hydrogens is 384 g/mol. The van der Waals surface area contributed by atoms with Gasteiger partial charge in [-0.3, -0.25) is 0 Å². The van der Waals surface area contributed by atoms with E-state index in [4.69, 9.17) is 4.74 Å². The molecular formula is C16H16Br2O2. The molecule has 0 spiro atoms. The van der Waals surface area contributed by atoms with Gasteiger partial charge >= 0.3 is 0 Å². The lowest BCUT2D eigenvalue weighted by atomic mass is 10.0. The van der Waals surface area contributed by atoms with Gasteiger partial charge in [0.1, 0.15) is 11.9 Å². The van der Waals surface area contributed by atoms with E-state index in [0.29, 0.717) is 6.61 Å². The van der Waals surface area contributed by atoms with Gasteiger partial charge in [0.2, 0.25) is 0 Å². The van der Waals surface area contributed by atoms with Gasteiger partial charge in [0.05, 0.1) is 6.61 Å². The van der Waals surface area contributed by atoms with Gasteiger partial charge in [0, 0.05) is 8.95 Å². The molecule has 0 fully saturated rings. The van der Waals surface area contributed by atoms with Crippen LogP contribution in [0, 0.1) is 6.92 Å². The van der Waals surface area contributed by atoms with Gasteiger partial charge in [-0.1, -0.05) is 50.1 Å². The SMILES string of the molecule is CCOc1ccc(C(O)c2ccc(C)c(Br)c2)c(Br)c1. The fourth-order valence-electron chi connectivity index (χ4n) is 1.94. The van der Waals surface area contributed by atoms with Gasteiger partial charge in [-0.2, -0.15) is 0 Å². The van der Waals surface area contributed by atoms with Gasteiger partial charge in [-0.05, 0) is 48.7 Å². The van der Waals surface area contributed by atoms with Gasteiger partial charge in [0.15, 0.2) is 0 Å². The first-order chi connectivity index (χ1) is 9.52. The lowest BCUT2D eigenvalue weighted by Crippen LogP contribution is -2.02. The summed E-state index contributed by atoms with van der Waals surface area (Å²) in [6.45, 7) is 4.59. The summed E-state index contributed by atoms with van der Waals surface area (Å²) in [6, 6.07) is 11.5. The minimum atomic E-state index is -0.669. The summed E-state index contributed by atoms with van der Waals surface area (Å²) in [5.41, 5.74) is 2.82. The Morgan fingerprint density at radius 2 is 1.85 bits per heavy atom. The van der Waals surface area contributed by atoms with E-state index in [0.717, 1.165) is 31.4 Å². The number of rotatable bonds is 4. The van der Waals surface area contributed by atoms with Crippen LogP contribution in [0.1, 0.15) is 29.7 Å². The molecule has 0 bridgehead atoms. The van der Waals surface area contributed by atoms with Crippen molar-refractivity contribution in [2.45, 2.75) is 20.0 Å². The van der Waals surface area contributed by atoms with E-state index >= 15 is 0 Å². The normalized spacial score (nSPS) is 12.2. The maximum absolute atomic E-state index is 10.5. The molecule has 20 heavy (non-hydrogen) atoms. The summed E-state index contributed by atoms with van der Waals surface area (Å²) >= 11 is 6.99. The molecule has 2 rings (SSSR count). The molecule has 0 aromatic heterocycles. The van der Waals surface area contributed by atoms with Crippen LogP contribution in [0.2, 0.25) is 0 Å². The minimum Gasteiger partial charge on any atom is -0.494 e. The quantitative estimate of drug-likeness (QED) is 0.783. The second-order valence-corrected chi connectivity index (χ2v) is 6.24. The standard InChI is InChI=1S/C16H16Br2O2/c1-3-20-12-6-7-13(15(18)9-12)16(19)11-5-4-10(2)14(17)8-11/h4-9,16,19H,3H2,1-2H3. The fraction of sp³-hybridized carbons (Fsp3) is 0.250. The van der Waals surface area contributed by atoms with Crippen LogP contribution < -0.4 is 4.74 Å². The molecule has 106 valence electrons. The summed E-state index contributed by atoms with van der Waals surface area (Å²) in [5.74, 6) is 0.792. The van der Waals surface area contributed by atoms with Crippen molar-refractivity contribution in [2.75, 3.05) is 6.61 Å². The van der Waals surface area contributed by atoms with Crippen molar-refractivity contribution >= 4 is 31.9 Å². The van der Waals surface area contributed by atoms with Gasteiger partial charge in [-0.25, -0.2) is 0 Å². The topological polar surface area (TPSA) is 29.5 Å². The molecule has 2 nitrogen and oxygen atoms in total. The highest BCUT2D eigenvalue weighted by Gasteiger charge is 2.15. The summed E-state index contributed by atoms with van der Waals surface area (Å²) in [7, 11) is 0. The van der Waals surface area contributed by atoms with Gasteiger partial charge < -0.3 is 9.84 Å². The number of hydrogen-bond donors (Lipinski definition) is 1. The predicted octanol–water partition coefficient (Wildman–Crippen LogP) is 5.00. The highest BCUT2D eigenvalue weighted by atomic mass is 79.9. The Kier molecular flexibility index (Phi) is 5.24. The zero-order valence-corrected chi connectivity index (χ0v) is 14.5. The van der Waals surface area contributed by atoms with E-state index in [-0.39, 0.29) is 0 Å². The van der Waals surface area contributed by atoms with E-state index < -0.39 is 6.10 Å². The van der Waals surface area contributed by atoms with Crippen LogP contribution in [0.5, 0.6) is 5.75 Å². The molecule has 1 unspecified atom stereocenters. The molecule has 0 heterocycles. The zero-order valence-electron chi connectivity index (χ0n) is 11.4. The Hall–Kier alpha value is -0.840. The molecule has 0 saturated heterocycles. The average molecular weight is 400 g/mol. The number of aliphatic hydroxyl groups excluding tert-OH is 1. The summed E-state index contributed by atoms with van der Waals surface area (Å²) < 4.78 is 7.28. The number of aliphatic hydroxyl groups is 1. The highest BCUT2D eigenvalue weighted by Crippen LogP contribution is 2.32. The zero-order chi connectivity index (χ0) is 14.7. The third-order valence-corrected chi connectivity index (χ3v) is 4.63. The van der Waals surface area contributed by atoms with E-state index in [1.165, 1.54) is 0 Å². The van der Waals surface area contributed by atoms with Crippen molar-refractivity contribution in [2.24, 2.45) is 0 Å². The third-order valence-electron chi connectivity index (χ3n) is 3.09. The van der Waals surface area contributed by atoms with Gasteiger partial charge in [-0.15, -0.1) is 0 Å². The van der Waals surface area contributed by atoms with E-state index in [2.05, 4.69) is 31.9 Å². The predicted molar refractivity (Wildman–Crippen MR) is 88.3 cm³/mol. The number of halogens is 2. The average Bonchev–Trinajstić information content (AvgIpc) is 2.42. The molecule has 1 atom stereocenters. The first kappa shape index (κ1) is 15.5. The number of hydrogen-bond acceptors (Lipinski definition) is 2. The summed E-state index contributed by atoms with van der Waals surface area (Å²) in [6.07, 6.45) is -0.669. The van der Waals surface area contributed by atoms with Crippen LogP contribution in [-0.2, 0) is 0 Å². The van der Waals surface area contributed by atoms with Crippen LogP contribution in [0.25, 0.3) is 0 Å². The third kappa shape index (κ3) is 3.43. The molecule has 0 aliphatic rings. The van der Waals surface area contributed by atoms with Crippen molar-refractivity contribution in [1.29, 1.82) is 0 Å². The Bertz CT molecular complexity index is 611. The van der Waals surface area contributed by atoms with Crippen molar-refractivity contribution in [1.82, 2.24) is 0 Å². The Labute approximate surface area is 136 Å². The van der Waals surface area contributed by atoms with Crippen molar-refractivity contribution < 1.29 is 9.84 Å². The molecule has 1 N–H and O–H groups in total.